The van der Waals surface area contributed by atoms with Crippen LogP contribution in [-0.2, 0) is 0 Å². The molecule has 1 unspecified atom stereocenters. The second kappa shape index (κ2) is 5.73. The molecule has 0 saturated carbocycles. The third-order valence-corrected chi connectivity index (χ3v) is 4.50. The summed E-state index contributed by atoms with van der Waals surface area (Å²) in [5.41, 5.74) is 0.738. The molecule has 3 aliphatic heterocycles. The van der Waals surface area contributed by atoms with Crippen molar-refractivity contribution < 1.29 is 14.0 Å². The Morgan fingerprint density at radius 2 is 2.10 bits per heavy atom. The van der Waals surface area contributed by atoms with Gasteiger partial charge >= 0.3 is 0 Å². The van der Waals surface area contributed by atoms with Gasteiger partial charge in [0.2, 0.25) is 0 Å². The summed E-state index contributed by atoms with van der Waals surface area (Å²) in [5, 5.41) is 4.97. The zero-order chi connectivity index (χ0) is 13.5. The van der Waals surface area contributed by atoms with Crippen molar-refractivity contribution in [1.82, 2.24) is 10.1 Å². The average Bonchev–Trinajstić information content (AvgIpc) is 2.91. The van der Waals surface area contributed by atoms with Crippen LogP contribution in [0.2, 0.25) is 0 Å². The normalized spacial score (nSPS) is 27.4. The Bertz CT molecular complexity index is 622. The topological polar surface area (TPSA) is 47.7 Å². The Balaban J connectivity index is 0.00000132. The van der Waals surface area contributed by atoms with Crippen molar-refractivity contribution in [2.75, 3.05) is 26.7 Å². The van der Waals surface area contributed by atoms with Gasteiger partial charge in [-0.25, -0.2) is 0 Å². The van der Waals surface area contributed by atoms with Crippen molar-refractivity contribution in [3.63, 3.8) is 0 Å². The zero-order valence-corrected chi connectivity index (χ0v) is 12.8. The van der Waals surface area contributed by atoms with Crippen LogP contribution in [0.1, 0.15) is 12.8 Å². The lowest BCUT2D eigenvalue weighted by Gasteiger charge is -2.43. The molecule has 6 heteroatoms. The molecule has 0 N–H and O–H groups in total. The number of hydrogen-bond acceptors (Lipinski definition) is 5. The largest absolute Gasteiger partial charge is 0.497 e. The first kappa shape index (κ1) is 14.5. The summed E-state index contributed by atoms with van der Waals surface area (Å²) in [6.45, 7) is 3.42. The first-order chi connectivity index (χ1) is 9.83. The summed E-state index contributed by atoms with van der Waals surface area (Å²) in [5.74, 6) is 2.04. The molecular formula is C15H19ClN2O3. The smallest absolute Gasteiger partial charge is 0.262 e. The predicted molar refractivity (Wildman–Crippen MR) is 81.4 cm³/mol. The molecule has 5 rings (SSSR count). The number of aromatic nitrogens is 1. The molecule has 0 amide bonds. The molecule has 114 valence electrons. The van der Waals surface area contributed by atoms with Gasteiger partial charge in [0.1, 0.15) is 11.9 Å². The van der Waals surface area contributed by atoms with Gasteiger partial charge in [-0.15, -0.1) is 12.4 Å². The highest BCUT2D eigenvalue weighted by Crippen LogP contribution is 2.34. The van der Waals surface area contributed by atoms with E-state index in [1.165, 1.54) is 25.9 Å². The third-order valence-electron chi connectivity index (χ3n) is 4.50. The minimum Gasteiger partial charge on any atom is -0.497 e. The molecule has 0 aliphatic carbocycles. The van der Waals surface area contributed by atoms with Gasteiger partial charge in [-0.1, -0.05) is 0 Å². The summed E-state index contributed by atoms with van der Waals surface area (Å²) in [6, 6.07) is 5.65. The van der Waals surface area contributed by atoms with E-state index in [1.54, 1.807) is 7.11 Å². The summed E-state index contributed by atoms with van der Waals surface area (Å²) >= 11 is 0. The van der Waals surface area contributed by atoms with Gasteiger partial charge in [0.05, 0.1) is 12.5 Å². The van der Waals surface area contributed by atoms with Gasteiger partial charge in [-0.05, 0) is 55.2 Å². The molecule has 21 heavy (non-hydrogen) atoms. The second-order valence-corrected chi connectivity index (χ2v) is 5.64. The Hall–Kier alpha value is -1.46. The number of hydrogen-bond donors (Lipinski definition) is 0. The van der Waals surface area contributed by atoms with Crippen LogP contribution in [0.25, 0.3) is 11.0 Å². The van der Waals surface area contributed by atoms with Crippen LogP contribution in [0, 0.1) is 5.92 Å². The summed E-state index contributed by atoms with van der Waals surface area (Å²) in [7, 11) is 1.66. The van der Waals surface area contributed by atoms with Crippen LogP contribution in [0.4, 0.5) is 0 Å². The lowest BCUT2D eigenvalue weighted by atomic mass is 9.86. The minimum atomic E-state index is 0. The number of halogens is 1. The first-order valence-electron chi connectivity index (χ1n) is 7.16. The fraction of sp³-hybridized carbons (Fsp3) is 0.533. The standard InChI is InChI=1S/C15H18N2O3.ClH/c1-18-11-2-3-13-12(8-11)15(16-20-13)19-14-9-17-6-4-10(14)5-7-17;/h2-3,8,10,14H,4-7,9H2,1H3;1H. The number of fused-ring (bicyclic) bond motifs is 4. The Morgan fingerprint density at radius 1 is 1.29 bits per heavy atom. The Morgan fingerprint density at radius 3 is 2.76 bits per heavy atom. The van der Waals surface area contributed by atoms with E-state index in [9.17, 15) is 0 Å². The van der Waals surface area contributed by atoms with Crippen LogP contribution in [0.15, 0.2) is 22.7 Å². The molecule has 4 heterocycles. The minimum absolute atomic E-state index is 0. The van der Waals surface area contributed by atoms with E-state index in [0.717, 1.165) is 23.3 Å². The molecule has 1 atom stereocenters. The van der Waals surface area contributed by atoms with Gasteiger partial charge in [-0.3, -0.25) is 4.90 Å². The van der Waals surface area contributed by atoms with Crippen LogP contribution in [-0.4, -0.2) is 42.9 Å². The zero-order valence-electron chi connectivity index (χ0n) is 11.9. The van der Waals surface area contributed by atoms with Crippen molar-refractivity contribution in [3.8, 4) is 11.6 Å². The lowest BCUT2D eigenvalue weighted by molar-refractivity contribution is -0.0106. The summed E-state index contributed by atoms with van der Waals surface area (Å²) < 4.78 is 16.7. The van der Waals surface area contributed by atoms with Crippen molar-refractivity contribution in [2.24, 2.45) is 5.92 Å². The summed E-state index contributed by atoms with van der Waals surface area (Å²) in [6.07, 6.45) is 2.69. The van der Waals surface area contributed by atoms with E-state index < -0.39 is 0 Å². The number of piperidine rings is 3. The molecule has 3 fully saturated rings. The molecule has 1 aromatic heterocycles. The second-order valence-electron chi connectivity index (χ2n) is 5.64. The van der Waals surface area contributed by atoms with Crippen molar-refractivity contribution >= 4 is 23.4 Å². The fourth-order valence-electron chi connectivity index (χ4n) is 3.30. The Kier molecular flexibility index (Phi) is 3.95. The van der Waals surface area contributed by atoms with Crippen molar-refractivity contribution in [1.29, 1.82) is 0 Å². The van der Waals surface area contributed by atoms with E-state index in [4.69, 9.17) is 14.0 Å². The van der Waals surface area contributed by atoms with E-state index in [2.05, 4.69) is 10.1 Å². The van der Waals surface area contributed by atoms with E-state index >= 15 is 0 Å². The highest BCUT2D eigenvalue weighted by molar-refractivity contribution is 5.85. The number of ether oxygens (including phenoxy) is 2. The van der Waals surface area contributed by atoms with Crippen molar-refractivity contribution in [2.45, 2.75) is 18.9 Å². The van der Waals surface area contributed by atoms with Gasteiger partial charge in [-0.2, -0.15) is 0 Å². The summed E-state index contributed by atoms with van der Waals surface area (Å²) in [4.78, 5) is 2.47. The predicted octanol–water partition coefficient (Wildman–Crippen LogP) is 2.73. The highest BCUT2D eigenvalue weighted by Gasteiger charge is 2.36. The lowest BCUT2D eigenvalue weighted by Crippen LogP contribution is -2.52. The number of benzene rings is 1. The van der Waals surface area contributed by atoms with Crippen LogP contribution in [0.3, 0.4) is 0 Å². The van der Waals surface area contributed by atoms with E-state index in [-0.39, 0.29) is 18.5 Å². The van der Waals surface area contributed by atoms with E-state index in [1.807, 2.05) is 18.2 Å². The highest BCUT2D eigenvalue weighted by atomic mass is 35.5. The molecule has 2 aromatic rings. The van der Waals surface area contributed by atoms with Crippen LogP contribution >= 0.6 is 12.4 Å². The maximum atomic E-state index is 6.14. The number of nitrogens with zero attached hydrogens (tertiary/aromatic N) is 2. The third kappa shape index (κ3) is 2.56. The maximum Gasteiger partial charge on any atom is 0.262 e. The van der Waals surface area contributed by atoms with Crippen LogP contribution in [0.5, 0.6) is 11.6 Å². The molecule has 0 spiro atoms. The Labute approximate surface area is 129 Å². The van der Waals surface area contributed by atoms with Gasteiger partial charge < -0.3 is 14.0 Å². The molecule has 3 aliphatic rings. The number of methoxy groups -OCH3 is 1. The fourth-order valence-corrected chi connectivity index (χ4v) is 3.30. The molecule has 2 bridgehead atoms. The average molecular weight is 311 g/mol. The van der Waals surface area contributed by atoms with Gasteiger partial charge in [0, 0.05) is 6.54 Å². The quantitative estimate of drug-likeness (QED) is 0.872. The molecule has 5 nitrogen and oxygen atoms in total. The SMILES string of the molecule is COc1ccc2onc(OC3CN4CCC3CC4)c2c1.Cl. The first-order valence-corrected chi connectivity index (χ1v) is 7.16. The van der Waals surface area contributed by atoms with Crippen LogP contribution < -0.4 is 9.47 Å². The monoisotopic (exact) mass is 310 g/mol. The molecule has 0 radical (unpaired) electrons. The van der Waals surface area contributed by atoms with Gasteiger partial charge in [0.25, 0.3) is 5.88 Å². The molecular weight excluding hydrogens is 292 g/mol. The van der Waals surface area contributed by atoms with Crippen molar-refractivity contribution in [3.05, 3.63) is 18.2 Å². The van der Waals surface area contributed by atoms with Gasteiger partial charge in [0.15, 0.2) is 5.58 Å². The maximum absolute atomic E-state index is 6.14. The number of rotatable bonds is 3. The molecule has 1 aromatic carbocycles. The molecule has 3 saturated heterocycles. The van der Waals surface area contributed by atoms with E-state index in [0.29, 0.717) is 11.8 Å².